The van der Waals surface area contributed by atoms with Crippen LogP contribution in [0.25, 0.3) is 0 Å². The van der Waals surface area contributed by atoms with Crippen molar-refractivity contribution in [1.82, 2.24) is 9.80 Å². The number of carbonyl (C=O) groups is 3. The standard InChI is InChI=1S/C28H26N2O4/c31-25(20-8-2-1-3-9-20)21-13-15-29(16-14-21)26(32)22-10-6-7-19(17-22)18-30-27(33)23-11-4-5-12-24(23)28(30)34/h1-12,17,21,25,31H,13-16,18H2. The summed E-state index contributed by atoms with van der Waals surface area (Å²) in [5, 5.41) is 10.7. The van der Waals surface area contributed by atoms with E-state index in [9.17, 15) is 19.5 Å². The third-order valence-corrected chi connectivity index (χ3v) is 6.81. The normalized spacial score (nSPS) is 17.1. The molecule has 2 heterocycles. The van der Waals surface area contributed by atoms with Crippen molar-refractivity contribution in [2.24, 2.45) is 5.92 Å². The molecule has 172 valence electrons. The molecule has 6 nitrogen and oxygen atoms in total. The first-order valence-corrected chi connectivity index (χ1v) is 11.6. The molecule has 1 N–H and O–H groups in total. The molecule has 0 bridgehead atoms. The van der Waals surface area contributed by atoms with Crippen LogP contribution in [0.15, 0.2) is 78.9 Å². The summed E-state index contributed by atoms with van der Waals surface area (Å²) in [5.74, 6) is -0.573. The van der Waals surface area contributed by atoms with Crippen LogP contribution in [-0.2, 0) is 6.54 Å². The van der Waals surface area contributed by atoms with Gasteiger partial charge in [-0.25, -0.2) is 0 Å². The maximum Gasteiger partial charge on any atom is 0.261 e. The lowest BCUT2D eigenvalue weighted by Crippen LogP contribution is -2.39. The number of hydrogen-bond acceptors (Lipinski definition) is 4. The van der Waals surface area contributed by atoms with Crippen molar-refractivity contribution in [3.63, 3.8) is 0 Å². The van der Waals surface area contributed by atoms with Gasteiger partial charge in [-0.2, -0.15) is 0 Å². The van der Waals surface area contributed by atoms with Gasteiger partial charge in [-0.15, -0.1) is 0 Å². The van der Waals surface area contributed by atoms with E-state index in [-0.39, 0.29) is 30.2 Å². The lowest BCUT2D eigenvalue weighted by Gasteiger charge is -2.34. The Labute approximate surface area is 198 Å². The first-order chi connectivity index (χ1) is 16.5. The number of carbonyl (C=O) groups excluding carboxylic acids is 3. The van der Waals surface area contributed by atoms with Crippen molar-refractivity contribution in [3.05, 3.63) is 107 Å². The molecule has 1 fully saturated rings. The van der Waals surface area contributed by atoms with Crippen LogP contribution in [0.1, 0.15) is 61.1 Å². The van der Waals surface area contributed by atoms with Crippen LogP contribution in [0.3, 0.4) is 0 Å². The second kappa shape index (κ2) is 9.23. The highest BCUT2D eigenvalue weighted by Gasteiger charge is 2.35. The Bertz CT molecular complexity index is 1200. The van der Waals surface area contributed by atoms with E-state index in [2.05, 4.69) is 0 Å². The molecule has 0 radical (unpaired) electrons. The van der Waals surface area contributed by atoms with Crippen LogP contribution >= 0.6 is 0 Å². The minimum absolute atomic E-state index is 0.0723. The molecule has 1 atom stereocenters. The number of hydrogen-bond donors (Lipinski definition) is 1. The third kappa shape index (κ3) is 4.13. The zero-order chi connectivity index (χ0) is 23.7. The summed E-state index contributed by atoms with van der Waals surface area (Å²) in [6.07, 6.45) is 0.939. The Morgan fingerprint density at radius 1 is 0.853 bits per heavy atom. The largest absolute Gasteiger partial charge is 0.388 e. The molecule has 0 aliphatic carbocycles. The van der Waals surface area contributed by atoms with Crippen LogP contribution in [-0.4, -0.2) is 45.7 Å². The van der Waals surface area contributed by atoms with Crippen molar-refractivity contribution >= 4 is 17.7 Å². The molecule has 3 amide bonds. The van der Waals surface area contributed by atoms with Gasteiger partial charge in [-0.3, -0.25) is 19.3 Å². The van der Waals surface area contributed by atoms with E-state index in [1.165, 1.54) is 4.90 Å². The summed E-state index contributed by atoms with van der Waals surface area (Å²) in [7, 11) is 0. The molecule has 34 heavy (non-hydrogen) atoms. The number of amides is 3. The van der Waals surface area contributed by atoms with E-state index in [4.69, 9.17) is 0 Å². The molecular formula is C28H26N2O4. The molecule has 3 aromatic carbocycles. The number of fused-ring (bicyclic) bond motifs is 1. The van der Waals surface area contributed by atoms with E-state index in [1.807, 2.05) is 41.3 Å². The Morgan fingerprint density at radius 2 is 1.47 bits per heavy atom. The van der Waals surface area contributed by atoms with Crippen LogP contribution in [0, 0.1) is 5.92 Å². The zero-order valence-electron chi connectivity index (χ0n) is 18.8. The Kier molecular flexibility index (Phi) is 5.99. The van der Waals surface area contributed by atoms with Gasteiger partial charge < -0.3 is 10.0 Å². The smallest absolute Gasteiger partial charge is 0.261 e. The summed E-state index contributed by atoms with van der Waals surface area (Å²) in [6, 6.07) is 23.6. The monoisotopic (exact) mass is 454 g/mol. The van der Waals surface area contributed by atoms with Gasteiger partial charge in [-0.1, -0.05) is 54.6 Å². The SMILES string of the molecule is O=C(c1cccc(CN2C(=O)c3ccccc3C2=O)c1)N1CCC(C(O)c2ccccc2)CC1. The summed E-state index contributed by atoms with van der Waals surface area (Å²) >= 11 is 0. The zero-order valence-corrected chi connectivity index (χ0v) is 18.8. The van der Waals surface area contributed by atoms with Gasteiger partial charge in [0, 0.05) is 18.7 Å². The second-order valence-electron chi connectivity index (χ2n) is 8.93. The second-order valence-corrected chi connectivity index (χ2v) is 8.93. The molecule has 2 aliphatic heterocycles. The lowest BCUT2D eigenvalue weighted by atomic mass is 9.87. The van der Waals surface area contributed by atoms with Crippen LogP contribution in [0.2, 0.25) is 0 Å². The lowest BCUT2D eigenvalue weighted by molar-refractivity contribution is 0.0462. The number of nitrogens with zero attached hydrogens (tertiary/aromatic N) is 2. The predicted molar refractivity (Wildman–Crippen MR) is 127 cm³/mol. The van der Waals surface area contributed by atoms with Gasteiger partial charge in [0.2, 0.25) is 0 Å². The highest BCUT2D eigenvalue weighted by molar-refractivity contribution is 6.21. The van der Waals surface area contributed by atoms with E-state index in [0.29, 0.717) is 29.8 Å². The number of aliphatic hydroxyl groups excluding tert-OH is 1. The number of rotatable bonds is 5. The molecule has 2 aliphatic rings. The van der Waals surface area contributed by atoms with Gasteiger partial charge in [0.05, 0.1) is 23.8 Å². The molecule has 0 saturated carbocycles. The fourth-order valence-electron chi connectivity index (χ4n) is 4.89. The number of piperidine rings is 1. The Balaban J connectivity index is 1.23. The van der Waals surface area contributed by atoms with Crippen LogP contribution < -0.4 is 0 Å². The summed E-state index contributed by atoms with van der Waals surface area (Å²) in [5.41, 5.74) is 3.01. The van der Waals surface area contributed by atoms with E-state index >= 15 is 0 Å². The van der Waals surface area contributed by atoms with Gasteiger partial charge in [0.25, 0.3) is 17.7 Å². The van der Waals surface area contributed by atoms with Crippen molar-refractivity contribution in [2.75, 3.05) is 13.1 Å². The highest BCUT2D eigenvalue weighted by Crippen LogP contribution is 2.31. The topological polar surface area (TPSA) is 77.9 Å². The van der Waals surface area contributed by atoms with Gasteiger partial charge in [-0.05, 0) is 54.2 Å². The fraction of sp³-hybridized carbons (Fsp3) is 0.250. The molecular weight excluding hydrogens is 428 g/mol. The maximum absolute atomic E-state index is 13.2. The fourth-order valence-corrected chi connectivity index (χ4v) is 4.89. The van der Waals surface area contributed by atoms with Crippen molar-refractivity contribution < 1.29 is 19.5 Å². The van der Waals surface area contributed by atoms with E-state index < -0.39 is 6.10 Å². The average molecular weight is 455 g/mol. The molecule has 3 aromatic rings. The molecule has 6 heteroatoms. The Morgan fingerprint density at radius 3 is 2.12 bits per heavy atom. The first kappa shape index (κ1) is 22.0. The number of imide groups is 1. The van der Waals surface area contributed by atoms with Crippen molar-refractivity contribution in [1.29, 1.82) is 0 Å². The first-order valence-electron chi connectivity index (χ1n) is 11.6. The van der Waals surface area contributed by atoms with E-state index in [0.717, 1.165) is 24.0 Å². The third-order valence-electron chi connectivity index (χ3n) is 6.81. The quantitative estimate of drug-likeness (QED) is 0.590. The average Bonchev–Trinajstić information content (AvgIpc) is 3.13. The summed E-state index contributed by atoms with van der Waals surface area (Å²) in [6.45, 7) is 1.28. The van der Waals surface area contributed by atoms with Gasteiger partial charge in [0.1, 0.15) is 0 Å². The van der Waals surface area contributed by atoms with Crippen molar-refractivity contribution in [2.45, 2.75) is 25.5 Å². The molecule has 5 rings (SSSR count). The summed E-state index contributed by atoms with van der Waals surface area (Å²) < 4.78 is 0. The van der Waals surface area contributed by atoms with Crippen LogP contribution in [0.5, 0.6) is 0 Å². The number of aliphatic hydroxyl groups is 1. The molecule has 1 unspecified atom stereocenters. The van der Waals surface area contributed by atoms with Gasteiger partial charge in [0.15, 0.2) is 0 Å². The molecule has 0 spiro atoms. The van der Waals surface area contributed by atoms with Gasteiger partial charge >= 0.3 is 0 Å². The molecule has 0 aromatic heterocycles. The highest BCUT2D eigenvalue weighted by atomic mass is 16.3. The van der Waals surface area contributed by atoms with Crippen LogP contribution in [0.4, 0.5) is 0 Å². The van der Waals surface area contributed by atoms with E-state index in [1.54, 1.807) is 42.5 Å². The number of likely N-dealkylation sites (tertiary alicyclic amines) is 1. The minimum Gasteiger partial charge on any atom is -0.388 e. The Hall–Kier alpha value is -3.77. The summed E-state index contributed by atoms with van der Waals surface area (Å²) in [4.78, 5) is 41.6. The predicted octanol–water partition coefficient (Wildman–Crippen LogP) is 4.07. The minimum atomic E-state index is -0.526. The number of benzene rings is 3. The maximum atomic E-state index is 13.2. The van der Waals surface area contributed by atoms with Crippen molar-refractivity contribution in [3.8, 4) is 0 Å². The molecule has 1 saturated heterocycles.